The van der Waals surface area contributed by atoms with Gasteiger partial charge < -0.3 is 24.1 Å². The molecule has 5 nitrogen and oxygen atoms in total. The molecule has 0 amide bonds. The molecule has 0 aliphatic carbocycles. The van der Waals surface area contributed by atoms with Crippen LogP contribution in [0.3, 0.4) is 0 Å². The Kier molecular flexibility index (Phi) is 3.55. The van der Waals surface area contributed by atoms with Crippen LogP contribution in [0, 0.1) is 0 Å². The normalized spacial score (nSPS) is 36.3. The molecule has 0 aromatic rings. The molecular formula is C13H22O5. The van der Waals surface area contributed by atoms with E-state index in [4.69, 9.17) is 18.9 Å². The van der Waals surface area contributed by atoms with Crippen LogP contribution < -0.4 is 0 Å². The van der Waals surface area contributed by atoms with E-state index in [-0.39, 0.29) is 18.3 Å². The Hall–Kier alpha value is -0.460. The van der Waals surface area contributed by atoms with Crippen LogP contribution in [0.5, 0.6) is 0 Å². The average molecular weight is 258 g/mol. The average Bonchev–Trinajstić information content (AvgIpc) is 2.70. The number of rotatable bonds is 3. The maximum atomic E-state index is 9.66. The third-order valence-electron chi connectivity index (χ3n) is 3.00. The summed E-state index contributed by atoms with van der Waals surface area (Å²) in [6.45, 7) is 11.8. The highest BCUT2D eigenvalue weighted by molar-refractivity contribution is 5.17. The second kappa shape index (κ2) is 4.58. The minimum absolute atomic E-state index is 0.164. The lowest BCUT2D eigenvalue weighted by Crippen LogP contribution is -2.34. The van der Waals surface area contributed by atoms with Crippen LogP contribution in [0.4, 0.5) is 0 Å². The van der Waals surface area contributed by atoms with E-state index < -0.39 is 11.6 Å². The second-order valence-corrected chi connectivity index (χ2v) is 5.75. The summed E-state index contributed by atoms with van der Waals surface area (Å²) in [5.41, 5.74) is 0.795. The highest BCUT2D eigenvalue weighted by Gasteiger charge is 2.44. The van der Waals surface area contributed by atoms with Gasteiger partial charge in [0.25, 0.3) is 0 Å². The van der Waals surface area contributed by atoms with Gasteiger partial charge in [-0.25, -0.2) is 0 Å². The molecule has 0 bridgehead atoms. The van der Waals surface area contributed by atoms with E-state index in [0.717, 1.165) is 5.57 Å². The minimum atomic E-state index is -1.20. The summed E-state index contributed by atoms with van der Waals surface area (Å²) in [5.74, 6) is -1.78. The summed E-state index contributed by atoms with van der Waals surface area (Å²) in [5, 5.41) is 9.66. The predicted octanol–water partition coefficient (Wildman–Crippen LogP) is 1.21. The highest BCUT2D eigenvalue weighted by Crippen LogP contribution is 2.33. The van der Waals surface area contributed by atoms with Gasteiger partial charge in [-0.05, 0) is 33.3 Å². The zero-order valence-corrected chi connectivity index (χ0v) is 11.4. The van der Waals surface area contributed by atoms with Crippen LogP contribution in [-0.4, -0.2) is 48.2 Å². The molecule has 2 aliphatic rings. The van der Waals surface area contributed by atoms with Crippen LogP contribution in [0.15, 0.2) is 12.2 Å². The SMILES string of the molecule is C=C1C(OC(C)(C)O)COC1C1COC(C)(C)O1. The Morgan fingerprint density at radius 2 is 2.06 bits per heavy atom. The lowest BCUT2D eigenvalue weighted by molar-refractivity contribution is -0.197. The third kappa shape index (κ3) is 3.10. The molecule has 18 heavy (non-hydrogen) atoms. The van der Waals surface area contributed by atoms with Crippen molar-refractivity contribution < 1.29 is 24.1 Å². The topological polar surface area (TPSA) is 57.2 Å². The fourth-order valence-corrected chi connectivity index (χ4v) is 2.26. The van der Waals surface area contributed by atoms with Crippen LogP contribution in [0.1, 0.15) is 27.7 Å². The molecular weight excluding hydrogens is 236 g/mol. The summed E-state index contributed by atoms with van der Waals surface area (Å²) in [4.78, 5) is 0. The number of hydrogen-bond donors (Lipinski definition) is 1. The number of aliphatic hydroxyl groups is 1. The maximum Gasteiger partial charge on any atom is 0.163 e. The van der Waals surface area contributed by atoms with Gasteiger partial charge in [-0.1, -0.05) is 6.58 Å². The Morgan fingerprint density at radius 1 is 1.39 bits per heavy atom. The molecule has 2 fully saturated rings. The van der Waals surface area contributed by atoms with Crippen LogP contribution in [0.25, 0.3) is 0 Å². The van der Waals surface area contributed by atoms with Crippen LogP contribution >= 0.6 is 0 Å². The predicted molar refractivity (Wildman–Crippen MR) is 65.0 cm³/mol. The molecule has 0 aromatic heterocycles. The molecule has 0 spiro atoms. The Balaban J connectivity index is 1.96. The first-order valence-electron chi connectivity index (χ1n) is 6.20. The van der Waals surface area contributed by atoms with Crippen molar-refractivity contribution in [2.24, 2.45) is 0 Å². The molecule has 5 heteroatoms. The van der Waals surface area contributed by atoms with Gasteiger partial charge in [-0.15, -0.1) is 0 Å². The molecule has 2 rings (SSSR count). The van der Waals surface area contributed by atoms with Gasteiger partial charge in [0.2, 0.25) is 0 Å². The van der Waals surface area contributed by atoms with Gasteiger partial charge in [0.15, 0.2) is 11.6 Å². The van der Waals surface area contributed by atoms with Gasteiger partial charge >= 0.3 is 0 Å². The lowest BCUT2D eigenvalue weighted by Gasteiger charge is -2.24. The summed E-state index contributed by atoms with van der Waals surface area (Å²) >= 11 is 0. The molecule has 0 saturated carbocycles. The quantitative estimate of drug-likeness (QED) is 0.609. The summed E-state index contributed by atoms with van der Waals surface area (Å²) in [7, 11) is 0. The highest BCUT2D eigenvalue weighted by atomic mass is 16.8. The zero-order chi connectivity index (χ0) is 13.6. The molecule has 1 N–H and O–H groups in total. The Bertz CT molecular complexity index is 331. The molecule has 104 valence electrons. The fraction of sp³-hybridized carbons (Fsp3) is 0.846. The zero-order valence-electron chi connectivity index (χ0n) is 11.4. The number of hydrogen-bond acceptors (Lipinski definition) is 5. The molecule has 3 unspecified atom stereocenters. The summed E-state index contributed by atoms with van der Waals surface area (Å²) in [6.07, 6.45) is -0.704. The Morgan fingerprint density at radius 3 is 2.56 bits per heavy atom. The van der Waals surface area contributed by atoms with Crippen LogP contribution in [0.2, 0.25) is 0 Å². The van der Waals surface area contributed by atoms with E-state index in [1.807, 2.05) is 13.8 Å². The van der Waals surface area contributed by atoms with Crippen LogP contribution in [-0.2, 0) is 18.9 Å². The van der Waals surface area contributed by atoms with Crippen molar-refractivity contribution in [2.75, 3.05) is 13.2 Å². The van der Waals surface area contributed by atoms with Crippen molar-refractivity contribution in [1.82, 2.24) is 0 Å². The standard InChI is InChI=1S/C13H22O5/c1-8-9(17-12(2,3)14)6-15-11(8)10-7-16-13(4,5)18-10/h9-11,14H,1,6-7H2,2-5H3. The van der Waals surface area contributed by atoms with E-state index in [9.17, 15) is 5.11 Å². The first-order valence-corrected chi connectivity index (χ1v) is 6.20. The van der Waals surface area contributed by atoms with Gasteiger partial charge in [0.1, 0.15) is 18.3 Å². The lowest BCUT2D eigenvalue weighted by atomic mass is 10.0. The number of ether oxygens (including phenoxy) is 4. The largest absolute Gasteiger partial charge is 0.368 e. The van der Waals surface area contributed by atoms with Gasteiger partial charge in [0.05, 0.1) is 13.2 Å². The monoisotopic (exact) mass is 258 g/mol. The van der Waals surface area contributed by atoms with Gasteiger partial charge in [0, 0.05) is 0 Å². The van der Waals surface area contributed by atoms with Gasteiger partial charge in [-0.3, -0.25) is 0 Å². The molecule has 2 saturated heterocycles. The second-order valence-electron chi connectivity index (χ2n) is 5.75. The van der Waals surface area contributed by atoms with E-state index in [1.54, 1.807) is 13.8 Å². The minimum Gasteiger partial charge on any atom is -0.368 e. The van der Waals surface area contributed by atoms with Crippen molar-refractivity contribution >= 4 is 0 Å². The van der Waals surface area contributed by atoms with Crippen molar-refractivity contribution in [1.29, 1.82) is 0 Å². The van der Waals surface area contributed by atoms with E-state index >= 15 is 0 Å². The van der Waals surface area contributed by atoms with Gasteiger partial charge in [-0.2, -0.15) is 0 Å². The molecule has 0 aromatic carbocycles. The first-order chi connectivity index (χ1) is 8.18. The molecule has 3 atom stereocenters. The van der Waals surface area contributed by atoms with E-state index in [2.05, 4.69) is 6.58 Å². The molecule has 2 heterocycles. The Labute approximate surface area is 108 Å². The summed E-state index contributed by atoms with van der Waals surface area (Å²) in [6, 6.07) is 0. The fourth-order valence-electron chi connectivity index (χ4n) is 2.26. The van der Waals surface area contributed by atoms with Crippen molar-refractivity contribution in [3.05, 3.63) is 12.2 Å². The summed E-state index contributed by atoms with van der Waals surface area (Å²) < 4.78 is 22.4. The van der Waals surface area contributed by atoms with Crippen molar-refractivity contribution in [3.8, 4) is 0 Å². The molecule has 0 radical (unpaired) electrons. The molecule has 2 aliphatic heterocycles. The third-order valence-corrected chi connectivity index (χ3v) is 3.00. The van der Waals surface area contributed by atoms with E-state index in [1.165, 1.54) is 0 Å². The van der Waals surface area contributed by atoms with Crippen molar-refractivity contribution in [3.63, 3.8) is 0 Å². The maximum absolute atomic E-state index is 9.66. The van der Waals surface area contributed by atoms with E-state index in [0.29, 0.717) is 13.2 Å². The first kappa shape index (κ1) is 14.0. The smallest absolute Gasteiger partial charge is 0.163 e. The van der Waals surface area contributed by atoms with Crippen molar-refractivity contribution in [2.45, 2.75) is 57.6 Å².